The van der Waals surface area contributed by atoms with Crippen LogP contribution in [0.15, 0.2) is 49.6 Å². The molecule has 0 bridgehead atoms. The summed E-state index contributed by atoms with van der Waals surface area (Å²) in [5.74, 6) is -0.184. The van der Waals surface area contributed by atoms with Crippen LogP contribution in [0.1, 0.15) is 11.1 Å². The number of allylic oxidation sites excluding steroid dienone is 4. The molecule has 1 rings (SSSR count). The minimum atomic E-state index is -0.184. The second-order valence-corrected chi connectivity index (χ2v) is 3.03. The highest BCUT2D eigenvalue weighted by Crippen LogP contribution is 2.18. The molecule has 0 spiro atoms. The van der Waals surface area contributed by atoms with Crippen LogP contribution in [-0.2, 0) is 0 Å². The van der Waals surface area contributed by atoms with Crippen LogP contribution in [-0.4, -0.2) is 0 Å². The van der Waals surface area contributed by atoms with E-state index in [-0.39, 0.29) is 5.82 Å². The van der Waals surface area contributed by atoms with E-state index in [1.165, 1.54) is 6.07 Å². The molecule has 0 amide bonds. The van der Waals surface area contributed by atoms with Crippen molar-refractivity contribution in [2.45, 2.75) is 6.92 Å². The molecule has 0 aliphatic carbocycles. The van der Waals surface area contributed by atoms with E-state index in [1.54, 1.807) is 31.2 Å². The van der Waals surface area contributed by atoms with Crippen molar-refractivity contribution in [1.82, 2.24) is 0 Å². The SMILES string of the molecule is C=C/C=C(\C=C)c1ccc(F)c(C)c1. The van der Waals surface area contributed by atoms with E-state index in [9.17, 15) is 4.39 Å². The molecule has 0 N–H and O–H groups in total. The van der Waals surface area contributed by atoms with Gasteiger partial charge in [-0.2, -0.15) is 0 Å². The molecule has 0 aliphatic rings. The smallest absolute Gasteiger partial charge is 0.126 e. The number of aryl methyl sites for hydroxylation is 1. The lowest BCUT2D eigenvalue weighted by atomic mass is 10.0. The Hall–Kier alpha value is -1.63. The van der Waals surface area contributed by atoms with Gasteiger partial charge in [0.2, 0.25) is 0 Å². The number of halogens is 1. The predicted octanol–water partition coefficient (Wildman–Crippen LogP) is 3.89. The molecule has 1 heteroatoms. The zero-order chi connectivity index (χ0) is 10.6. The zero-order valence-electron chi connectivity index (χ0n) is 8.26. The van der Waals surface area contributed by atoms with E-state index in [2.05, 4.69) is 13.2 Å². The third kappa shape index (κ3) is 2.19. The van der Waals surface area contributed by atoms with E-state index in [0.29, 0.717) is 5.56 Å². The van der Waals surface area contributed by atoms with Crippen molar-refractivity contribution in [2.75, 3.05) is 0 Å². The largest absolute Gasteiger partial charge is 0.207 e. The monoisotopic (exact) mass is 188 g/mol. The van der Waals surface area contributed by atoms with Gasteiger partial charge in [0.15, 0.2) is 0 Å². The fourth-order valence-electron chi connectivity index (χ4n) is 1.23. The van der Waals surface area contributed by atoms with Crippen molar-refractivity contribution in [1.29, 1.82) is 0 Å². The fraction of sp³-hybridized carbons (Fsp3) is 0.0769. The quantitative estimate of drug-likeness (QED) is 0.631. The standard InChI is InChI=1S/C13H13F/c1-4-6-11(5-2)12-7-8-13(14)10(3)9-12/h4-9H,1-2H2,3H3/b11-6+. The van der Waals surface area contributed by atoms with E-state index >= 15 is 0 Å². The highest BCUT2D eigenvalue weighted by molar-refractivity contribution is 5.74. The Balaban J connectivity index is 3.18. The molecule has 0 aromatic heterocycles. The van der Waals surface area contributed by atoms with Crippen LogP contribution in [0.3, 0.4) is 0 Å². The maximum absolute atomic E-state index is 13.0. The van der Waals surface area contributed by atoms with Crippen LogP contribution < -0.4 is 0 Å². The van der Waals surface area contributed by atoms with Crippen LogP contribution in [0.4, 0.5) is 4.39 Å². The average molecular weight is 188 g/mol. The van der Waals surface area contributed by atoms with Crippen molar-refractivity contribution in [2.24, 2.45) is 0 Å². The lowest BCUT2D eigenvalue weighted by Crippen LogP contribution is -1.86. The molecule has 0 atom stereocenters. The minimum Gasteiger partial charge on any atom is -0.207 e. The van der Waals surface area contributed by atoms with Crippen molar-refractivity contribution < 1.29 is 4.39 Å². The second-order valence-electron chi connectivity index (χ2n) is 3.03. The molecule has 0 saturated carbocycles. The van der Waals surface area contributed by atoms with Crippen LogP contribution in [0, 0.1) is 12.7 Å². The first-order chi connectivity index (χ1) is 6.69. The van der Waals surface area contributed by atoms with E-state index in [1.807, 2.05) is 6.08 Å². The Kier molecular flexibility index (Phi) is 3.41. The molecule has 0 nitrogen and oxygen atoms in total. The Morgan fingerprint density at radius 2 is 2.07 bits per heavy atom. The van der Waals surface area contributed by atoms with Gasteiger partial charge in [-0.05, 0) is 35.8 Å². The number of hydrogen-bond donors (Lipinski definition) is 0. The summed E-state index contributed by atoms with van der Waals surface area (Å²) in [7, 11) is 0. The molecule has 1 aromatic carbocycles. The molecule has 1 aromatic rings. The molecule has 72 valence electrons. The van der Waals surface area contributed by atoms with Crippen molar-refractivity contribution >= 4 is 5.57 Å². The molecule has 14 heavy (non-hydrogen) atoms. The van der Waals surface area contributed by atoms with Crippen LogP contribution in [0.25, 0.3) is 5.57 Å². The fourth-order valence-corrected chi connectivity index (χ4v) is 1.23. The van der Waals surface area contributed by atoms with Gasteiger partial charge in [0.1, 0.15) is 5.82 Å². The summed E-state index contributed by atoms with van der Waals surface area (Å²) >= 11 is 0. The van der Waals surface area contributed by atoms with Gasteiger partial charge < -0.3 is 0 Å². The second kappa shape index (κ2) is 4.56. The maximum Gasteiger partial charge on any atom is 0.126 e. The molecule has 0 fully saturated rings. The first-order valence-corrected chi connectivity index (χ1v) is 4.40. The Morgan fingerprint density at radius 3 is 2.57 bits per heavy atom. The highest BCUT2D eigenvalue weighted by atomic mass is 19.1. The highest BCUT2D eigenvalue weighted by Gasteiger charge is 2.00. The van der Waals surface area contributed by atoms with E-state index in [0.717, 1.165) is 11.1 Å². The summed E-state index contributed by atoms with van der Waals surface area (Å²) in [5, 5.41) is 0. The molecule has 0 saturated heterocycles. The maximum atomic E-state index is 13.0. The van der Waals surface area contributed by atoms with Crippen molar-refractivity contribution in [3.8, 4) is 0 Å². The van der Waals surface area contributed by atoms with Gasteiger partial charge in [-0.3, -0.25) is 0 Å². The third-order valence-electron chi connectivity index (χ3n) is 2.01. The van der Waals surface area contributed by atoms with Gasteiger partial charge in [0.25, 0.3) is 0 Å². The van der Waals surface area contributed by atoms with E-state index in [4.69, 9.17) is 0 Å². The van der Waals surface area contributed by atoms with Crippen LogP contribution in [0.2, 0.25) is 0 Å². The summed E-state index contributed by atoms with van der Waals surface area (Å²) in [5.41, 5.74) is 2.54. The summed E-state index contributed by atoms with van der Waals surface area (Å²) in [6.45, 7) is 9.06. The molecule has 0 aliphatic heterocycles. The van der Waals surface area contributed by atoms with Crippen LogP contribution >= 0.6 is 0 Å². The molecule has 0 heterocycles. The van der Waals surface area contributed by atoms with Gasteiger partial charge in [0, 0.05) is 0 Å². The summed E-state index contributed by atoms with van der Waals surface area (Å²) in [6.07, 6.45) is 5.27. The Bertz CT molecular complexity index is 386. The number of rotatable bonds is 3. The molecular formula is C13H13F. The van der Waals surface area contributed by atoms with E-state index < -0.39 is 0 Å². The average Bonchev–Trinajstić information content (AvgIpc) is 2.19. The predicted molar refractivity (Wildman–Crippen MR) is 59.5 cm³/mol. The third-order valence-corrected chi connectivity index (χ3v) is 2.01. The normalized spacial score (nSPS) is 11.1. The zero-order valence-corrected chi connectivity index (χ0v) is 8.26. The summed E-state index contributed by atoms with van der Waals surface area (Å²) in [6, 6.07) is 5.00. The first-order valence-electron chi connectivity index (χ1n) is 4.40. The number of benzene rings is 1. The van der Waals surface area contributed by atoms with Crippen LogP contribution in [0.5, 0.6) is 0 Å². The van der Waals surface area contributed by atoms with Gasteiger partial charge >= 0.3 is 0 Å². The Labute approximate surface area is 84.1 Å². The summed E-state index contributed by atoms with van der Waals surface area (Å²) < 4.78 is 13.0. The van der Waals surface area contributed by atoms with Gasteiger partial charge in [-0.15, -0.1) is 0 Å². The van der Waals surface area contributed by atoms with Gasteiger partial charge in [0.05, 0.1) is 0 Å². The van der Waals surface area contributed by atoms with Gasteiger partial charge in [-0.25, -0.2) is 4.39 Å². The van der Waals surface area contributed by atoms with Crippen molar-refractivity contribution in [3.63, 3.8) is 0 Å². The van der Waals surface area contributed by atoms with Crippen molar-refractivity contribution in [3.05, 3.63) is 66.5 Å². The molecule has 0 radical (unpaired) electrons. The topological polar surface area (TPSA) is 0 Å². The lowest BCUT2D eigenvalue weighted by molar-refractivity contribution is 0.618. The molecular weight excluding hydrogens is 175 g/mol. The number of hydrogen-bond acceptors (Lipinski definition) is 0. The molecule has 0 unspecified atom stereocenters. The Morgan fingerprint density at radius 1 is 1.36 bits per heavy atom. The van der Waals surface area contributed by atoms with Gasteiger partial charge in [-0.1, -0.05) is 37.5 Å². The lowest BCUT2D eigenvalue weighted by Gasteiger charge is -2.03. The summed E-state index contributed by atoms with van der Waals surface area (Å²) in [4.78, 5) is 0. The minimum absolute atomic E-state index is 0.184. The first kappa shape index (κ1) is 10.5.